The summed E-state index contributed by atoms with van der Waals surface area (Å²) in [7, 11) is 1.43. The van der Waals surface area contributed by atoms with Gasteiger partial charge in [0.2, 0.25) is 11.9 Å². The van der Waals surface area contributed by atoms with Gasteiger partial charge in [-0.1, -0.05) is 19.1 Å². The Morgan fingerprint density at radius 2 is 1.93 bits per heavy atom. The van der Waals surface area contributed by atoms with Crippen molar-refractivity contribution in [1.82, 2.24) is 20.2 Å². The summed E-state index contributed by atoms with van der Waals surface area (Å²) in [6, 6.07) is 10.1. The van der Waals surface area contributed by atoms with Crippen molar-refractivity contribution in [3.8, 4) is 5.75 Å². The summed E-state index contributed by atoms with van der Waals surface area (Å²) in [6.07, 6.45) is -2.26. The first-order valence-electron chi connectivity index (χ1n) is 14.5. The third-order valence-corrected chi connectivity index (χ3v) is 8.21. The van der Waals surface area contributed by atoms with Crippen LogP contribution in [0.2, 0.25) is 0 Å². The topological polar surface area (TPSA) is 121 Å². The number of amides is 2. The maximum atomic E-state index is 13.9. The molecule has 0 bridgehead atoms. The molecule has 1 saturated heterocycles. The van der Waals surface area contributed by atoms with Gasteiger partial charge in [0.05, 0.1) is 18.2 Å². The molecule has 1 fully saturated rings. The van der Waals surface area contributed by atoms with Crippen LogP contribution in [0.15, 0.2) is 42.6 Å². The molecule has 2 aromatic carbocycles. The van der Waals surface area contributed by atoms with Gasteiger partial charge in [-0.3, -0.25) is 9.59 Å². The van der Waals surface area contributed by atoms with Crippen LogP contribution >= 0.6 is 0 Å². The minimum absolute atomic E-state index is 0.00824. The van der Waals surface area contributed by atoms with Gasteiger partial charge in [-0.05, 0) is 68.6 Å². The van der Waals surface area contributed by atoms with E-state index in [1.165, 1.54) is 7.11 Å². The van der Waals surface area contributed by atoms with Crippen molar-refractivity contribution < 1.29 is 27.5 Å². The fourth-order valence-electron chi connectivity index (χ4n) is 5.66. The first-order chi connectivity index (χ1) is 20.9. The number of nitrogens with zero attached hydrogens (tertiary/aromatic N) is 3. The number of aromatic nitrogens is 2. The van der Waals surface area contributed by atoms with E-state index in [4.69, 9.17) is 4.74 Å². The van der Waals surface area contributed by atoms with Crippen LogP contribution in [0.3, 0.4) is 0 Å². The number of rotatable bonds is 9. The Morgan fingerprint density at radius 1 is 1.18 bits per heavy atom. The van der Waals surface area contributed by atoms with Crippen molar-refractivity contribution >= 4 is 35.0 Å². The highest BCUT2D eigenvalue weighted by Crippen LogP contribution is 2.40. The van der Waals surface area contributed by atoms with Gasteiger partial charge < -0.3 is 30.9 Å². The van der Waals surface area contributed by atoms with Crippen molar-refractivity contribution in [3.63, 3.8) is 0 Å². The summed E-state index contributed by atoms with van der Waals surface area (Å²) in [5, 5.41) is 11.6. The summed E-state index contributed by atoms with van der Waals surface area (Å²) < 4.78 is 47.2. The predicted octanol–water partition coefficient (Wildman–Crippen LogP) is 5.30. The molecule has 2 aliphatic rings. The molecule has 2 aliphatic heterocycles. The van der Waals surface area contributed by atoms with Crippen molar-refractivity contribution in [2.24, 2.45) is 0 Å². The lowest BCUT2D eigenvalue weighted by Crippen LogP contribution is -2.44. The number of methoxy groups -OCH3 is 1. The zero-order valence-corrected chi connectivity index (χ0v) is 25.1. The average molecular weight is 612 g/mol. The van der Waals surface area contributed by atoms with E-state index in [2.05, 4.69) is 43.1 Å². The highest BCUT2D eigenvalue weighted by Gasteiger charge is 2.40. The molecule has 1 aromatic heterocycles. The van der Waals surface area contributed by atoms with E-state index in [9.17, 15) is 22.8 Å². The zero-order valence-electron chi connectivity index (χ0n) is 25.1. The average Bonchev–Trinajstić information content (AvgIpc) is 3.23. The van der Waals surface area contributed by atoms with Crippen LogP contribution in [0.5, 0.6) is 5.75 Å². The second-order valence-electron chi connectivity index (χ2n) is 11.4. The van der Waals surface area contributed by atoms with Gasteiger partial charge in [-0.2, -0.15) is 18.2 Å². The number of hydrogen-bond donors (Lipinski definition) is 4. The van der Waals surface area contributed by atoms with E-state index in [1.54, 1.807) is 50.2 Å². The standard InChI is InChI=1S/C31H36F3N7O3/c1-5-41-13-11-20(12-14-41)37-27(42)18-9-10-22(24(15-18)44-4)39-29-36-17-21(31(32,33)34)26(40-29)35-16-19-7-6-8-23-25(19)30(2,3)28(43)38-23/h6-10,15,17,20H,5,11-14,16H2,1-4H3,(H,37,42)(H,38,43)(H2,35,36,39,40). The number of anilines is 4. The Hall–Kier alpha value is -4.39. The van der Waals surface area contributed by atoms with Crippen LogP contribution in [-0.4, -0.2) is 59.5 Å². The van der Waals surface area contributed by atoms with Crippen molar-refractivity contribution in [2.75, 3.05) is 42.7 Å². The number of benzene rings is 2. The van der Waals surface area contributed by atoms with Crippen LogP contribution < -0.4 is 26.0 Å². The van der Waals surface area contributed by atoms with E-state index >= 15 is 0 Å². The smallest absolute Gasteiger partial charge is 0.421 e. The van der Waals surface area contributed by atoms with Gasteiger partial charge in [0.15, 0.2) is 0 Å². The van der Waals surface area contributed by atoms with Crippen molar-refractivity contribution in [1.29, 1.82) is 0 Å². The molecule has 0 aliphatic carbocycles. The fraction of sp³-hybridized carbons (Fsp3) is 0.419. The summed E-state index contributed by atoms with van der Waals surface area (Å²) in [4.78, 5) is 35.8. The highest BCUT2D eigenvalue weighted by molar-refractivity contribution is 6.06. The Labute approximate surface area is 253 Å². The minimum Gasteiger partial charge on any atom is -0.495 e. The molecule has 234 valence electrons. The summed E-state index contributed by atoms with van der Waals surface area (Å²) >= 11 is 0. The van der Waals surface area contributed by atoms with E-state index in [0.717, 1.165) is 38.0 Å². The third kappa shape index (κ3) is 6.42. The molecule has 3 aromatic rings. The Balaban J connectivity index is 1.34. The lowest BCUT2D eigenvalue weighted by atomic mass is 9.83. The van der Waals surface area contributed by atoms with Gasteiger partial charge in [0, 0.05) is 43.1 Å². The SMILES string of the molecule is CCN1CCC(NC(=O)c2ccc(Nc3ncc(C(F)(F)F)c(NCc4cccc5c4C(C)(C)C(=O)N5)n3)c(OC)c2)CC1. The third-order valence-electron chi connectivity index (χ3n) is 8.21. The molecule has 10 nitrogen and oxygen atoms in total. The summed E-state index contributed by atoms with van der Waals surface area (Å²) in [6.45, 7) is 8.49. The molecule has 0 spiro atoms. The fourth-order valence-corrected chi connectivity index (χ4v) is 5.66. The molecule has 3 heterocycles. The van der Waals surface area contributed by atoms with Crippen LogP contribution in [0, 0.1) is 0 Å². The number of fused-ring (bicyclic) bond motifs is 1. The van der Waals surface area contributed by atoms with Crippen molar-refractivity contribution in [3.05, 3.63) is 64.8 Å². The predicted molar refractivity (Wildman–Crippen MR) is 161 cm³/mol. The number of hydrogen-bond acceptors (Lipinski definition) is 8. The minimum atomic E-state index is -4.71. The molecule has 44 heavy (non-hydrogen) atoms. The Kier molecular flexibility index (Phi) is 8.69. The first-order valence-corrected chi connectivity index (χ1v) is 14.5. The number of piperidine rings is 1. The van der Waals surface area contributed by atoms with Gasteiger partial charge in [-0.15, -0.1) is 0 Å². The second kappa shape index (κ2) is 12.3. The Bertz CT molecular complexity index is 1550. The van der Waals surface area contributed by atoms with E-state index < -0.39 is 23.0 Å². The molecule has 0 radical (unpaired) electrons. The molecule has 0 atom stereocenters. The van der Waals surface area contributed by atoms with E-state index in [0.29, 0.717) is 34.4 Å². The number of likely N-dealkylation sites (tertiary alicyclic amines) is 1. The van der Waals surface area contributed by atoms with Gasteiger partial charge in [0.25, 0.3) is 5.91 Å². The van der Waals surface area contributed by atoms with E-state index in [-0.39, 0.29) is 30.3 Å². The number of carbonyl (C=O) groups excluding carboxylic acids is 2. The summed E-state index contributed by atoms with van der Waals surface area (Å²) in [5.74, 6) is -0.634. The lowest BCUT2D eigenvalue weighted by molar-refractivity contribution is -0.137. The highest BCUT2D eigenvalue weighted by atomic mass is 19.4. The van der Waals surface area contributed by atoms with Crippen molar-refractivity contribution in [2.45, 2.75) is 57.8 Å². The quantitative estimate of drug-likeness (QED) is 0.257. The van der Waals surface area contributed by atoms with Gasteiger partial charge >= 0.3 is 6.18 Å². The normalized spacial score (nSPS) is 16.7. The molecule has 4 N–H and O–H groups in total. The first kappa shape index (κ1) is 31.0. The molecule has 2 amide bonds. The zero-order chi connectivity index (χ0) is 31.6. The monoisotopic (exact) mass is 611 g/mol. The lowest BCUT2D eigenvalue weighted by Gasteiger charge is -2.31. The van der Waals surface area contributed by atoms with Crippen LogP contribution in [-0.2, 0) is 22.9 Å². The maximum absolute atomic E-state index is 13.9. The summed E-state index contributed by atoms with van der Waals surface area (Å²) in [5.41, 5.74) is 0.910. The van der Waals surface area contributed by atoms with Crippen LogP contribution in [0.4, 0.5) is 36.3 Å². The Morgan fingerprint density at radius 3 is 2.61 bits per heavy atom. The molecular formula is C31H36F3N7O3. The molecule has 0 unspecified atom stereocenters. The van der Waals surface area contributed by atoms with Crippen LogP contribution in [0.25, 0.3) is 0 Å². The van der Waals surface area contributed by atoms with Gasteiger partial charge in [0.1, 0.15) is 17.1 Å². The molecule has 5 rings (SSSR count). The molecular weight excluding hydrogens is 575 g/mol. The number of carbonyl (C=O) groups is 2. The number of alkyl halides is 3. The second-order valence-corrected chi connectivity index (χ2v) is 11.4. The van der Waals surface area contributed by atoms with E-state index in [1.807, 2.05) is 0 Å². The number of halogens is 3. The number of nitrogens with one attached hydrogen (secondary N) is 4. The molecule has 13 heteroatoms. The van der Waals surface area contributed by atoms with Crippen LogP contribution in [0.1, 0.15) is 60.7 Å². The molecule has 0 saturated carbocycles. The van der Waals surface area contributed by atoms with Gasteiger partial charge in [-0.25, -0.2) is 4.98 Å². The largest absolute Gasteiger partial charge is 0.495 e. The maximum Gasteiger partial charge on any atom is 0.421 e. The number of ether oxygens (including phenoxy) is 1.